The summed E-state index contributed by atoms with van der Waals surface area (Å²) >= 11 is 11.7. The Bertz CT molecular complexity index is 295. The highest BCUT2D eigenvalue weighted by molar-refractivity contribution is 6.42. The summed E-state index contributed by atoms with van der Waals surface area (Å²) in [6, 6.07) is 6.28. The van der Waals surface area contributed by atoms with Crippen LogP contribution in [0.2, 0.25) is 10.0 Å². The summed E-state index contributed by atoms with van der Waals surface area (Å²) in [5.74, 6) is 0. The van der Waals surface area contributed by atoms with E-state index < -0.39 is 0 Å². The molecule has 1 aliphatic rings. The molecule has 3 heteroatoms. The fourth-order valence-corrected chi connectivity index (χ4v) is 1.61. The van der Waals surface area contributed by atoms with Gasteiger partial charge in [0.1, 0.15) is 0 Å². The van der Waals surface area contributed by atoms with E-state index in [0.29, 0.717) is 16.1 Å². The van der Waals surface area contributed by atoms with E-state index in [2.05, 4.69) is 5.32 Å². The molecule has 0 bridgehead atoms. The van der Waals surface area contributed by atoms with Crippen LogP contribution in [-0.4, -0.2) is 6.54 Å². The molecule has 1 nitrogen and oxygen atoms in total. The van der Waals surface area contributed by atoms with Crippen molar-refractivity contribution in [1.82, 2.24) is 5.32 Å². The summed E-state index contributed by atoms with van der Waals surface area (Å²) < 4.78 is 0. The number of benzene rings is 1. The first-order valence-electron chi connectivity index (χ1n) is 3.96. The van der Waals surface area contributed by atoms with Gasteiger partial charge in [-0.3, -0.25) is 0 Å². The molecule has 0 spiro atoms. The summed E-state index contributed by atoms with van der Waals surface area (Å²) in [7, 11) is 0. The zero-order chi connectivity index (χ0) is 8.55. The van der Waals surface area contributed by atoms with Crippen molar-refractivity contribution in [3.05, 3.63) is 33.8 Å². The van der Waals surface area contributed by atoms with Gasteiger partial charge in [0.2, 0.25) is 0 Å². The molecule has 1 fully saturated rings. The summed E-state index contributed by atoms with van der Waals surface area (Å²) in [5.41, 5.74) is 1.23. The lowest BCUT2D eigenvalue weighted by Gasteiger charge is -2.28. The van der Waals surface area contributed by atoms with Gasteiger partial charge in [-0.2, -0.15) is 0 Å². The second-order valence-electron chi connectivity index (χ2n) is 2.97. The zero-order valence-electron chi connectivity index (χ0n) is 6.48. The Morgan fingerprint density at radius 2 is 2.00 bits per heavy atom. The van der Waals surface area contributed by atoms with Crippen molar-refractivity contribution in [2.45, 2.75) is 12.5 Å². The molecule has 1 atom stereocenters. The van der Waals surface area contributed by atoms with Gasteiger partial charge >= 0.3 is 0 Å². The molecule has 1 aromatic carbocycles. The van der Waals surface area contributed by atoms with Crippen LogP contribution in [0.1, 0.15) is 18.0 Å². The lowest BCUT2D eigenvalue weighted by atomic mass is 9.98. The number of hydrogen-bond acceptors (Lipinski definition) is 1. The molecule has 1 saturated heterocycles. The van der Waals surface area contributed by atoms with E-state index in [4.69, 9.17) is 23.2 Å². The molecule has 0 radical (unpaired) electrons. The van der Waals surface area contributed by atoms with E-state index in [1.807, 2.05) is 18.2 Å². The van der Waals surface area contributed by atoms with Gasteiger partial charge in [-0.1, -0.05) is 29.3 Å². The van der Waals surface area contributed by atoms with E-state index in [1.165, 1.54) is 12.0 Å². The van der Waals surface area contributed by atoms with Crippen LogP contribution in [0.25, 0.3) is 0 Å². The van der Waals surface area contributed by atoms with Gasteiger partial charge in [-0.25, -0.2) is 0 Å². The van der Waals surface area contributed by atoms with E-state index >= 15 is 0 Å². The largest absolute Gasteiger partial charge is 0.310 e. The standard InChI is InChI=1S/C9H9Cl2N/c10-7-2-1-6(5-8(7)11)9-3-4-12-9/h1-2,5,9,12H,3-4H2/t9-/m0/s1. The quantitative estimate of drug-likeness (QED) is 0.737. The third-order valence-corrected chi connectivity index (χ3v) is 2.91. The van der Waals surface area contributed by atoms with Gasteiger partial charge in [-0.15, -0.1) is 0 Å². The van der Waals surface area contributed by atoms with Crippen molar-refractivity contribution in [1.29, 1.82) is 0 Å². The first-order chi connectivity index (χ1) is 5.77. The predicted molar refractivity (Wildman–Crippen MR) is 51.8 cm³/mol. The molecular formula is C9H9Cl2N. The average molecular weight is 202 g/mol. The van der Waals surface area contributed by atoms with Crippen LogP contribution >= 0.6 is 23.2 Å². The number of rotatable bonds is 1. The molecule has 1 heterocycles. The van der Waals surface area contributed by atoms with Crippen LogP contribution < -0.4 is 5.32 Å². The molecule has 2 rings (SSSR count). The Balaban J connectivity index is 2.27. The van der Waals surface area contributed by atoms with Gasteiger partial charge in [0, 0.05) is 6.04 Å². The van der Waals surface area contributed by atoms with E-state index in [1.54, 1.807) is 0 Å². The highest BCUT2D eigenvalue weighted by atomic mass is 35.5. The third-order valence-electron chi connectivity index (χ3n) is 2.17. The van der Waals surface area contributed by atoms with Crippen LogP contribution in [0, 0.1) is 0 Å². The number of halogens is 2. The molecule has 12 heavy (non-hydrogen) atoms. The van der Waals surface area contributed by atoms with Crippen LogP contribution in [0.5, 0.6) is 0 Å². The average Bonchev–Trinajstić information content (AvgIpc) is 1.93. The predicted octanol–water partition coefficient (Wildman–Crippen LogP) is 3.03. The smallest absolute Gasteiger partial charge is 0.0595 e. The Morgan fingerprint density at radius 1 is 1.25 bits per heavy atom. The van der Waals surface area contributed by atoms with Gasteiger partial charge in [0.25, 0.3) is 0 Å². The molecule has 0 unspecified atom stereocenters. The first-order valence-corrected chi connectivity index (χ1v) is 4.71. The maximum Gasteiger partial charge on any atom is 0.0595 e. The van der Waals surface area contributed by atoms with E-state index in [-0.39, 0.29) is 0 Å². The van der Waals surface area contributed by atoms with Crippen molar-refractivity contribution < 1.29 is 0 Å². The molecule has 0 amide bonds. The monoisotopic (exact) mass is 201 g/mol. The highest BCUT2D eigenvalue weighted by Crippen LogP contribution is 2.29. The molecule has 64 valence electrons. The number of hydrogen-bond donors (Lipinski definition) is 1. The Kier molecular flexibility index (Phi) is 2.26. The van der Waals surface area contributed by atoms with Crippen LogP contribution in [0.4, 0.5) is 0 Å². The lowest BCUT2D eigenvalue weighted by Crippen LogP contribution is -2.34. The summed E-state index contributed by atoms with van der Waals surface area (Å²) in [5, 5.41) is 4.57. The normalized spacial score (nSPS) is 22.0. The number of nitrogens with one attached hydrogen (secondary N) is 1. The molecule has 1 aromatic rings. The van der Waals surface area contributed by atoms with Crippen molar-refractivity contribution >= 4 is 23.2 Å². The molecule has 1 aliphatic heterocycles. The summed E-state index contributed by atoms with van der Waals surface area (Å²) in [4.78, 5) is 0. The highest BCUT2D eigenvalue weighted by Gasteiger charge is 2.18. The third kappa shape index (κ3) is 1.45. The second-order valence-corrected chi connectivity index (χ2v) is 3.78. The molecule has 1 N–H and O–H groups in total. The van der Waals surface area contributed by atoms with Crippen LogP contribution in [-0.2, 0) is 0 Å². The minimum atomic E-state index is 0.486. The SMILES string of the molecule is Clc1ccc([C@@H]2CCN2)cc1Cl. The first kappa shape index (κ1) is 8.36. The van der Waals surface area contributed by atoms with Gasteiger partial charge in [0.15, 0.2) is 0 Å². The van der Waals surface area contributed by atoms with Gasteiger partial charge < -0.3 is 5.32 Å². The van der Waals surface area contributed by atoms with Crippen molar-refractivity contribution in [3.8, 4) is 0 Å². The van der Waals surface area contributed by atoms with Crippen molar-refractivity contribution in [2.24, 2.45) is 0 Å². The van der Waals surface area contributed by atoms with E-state index in [0.717, 1.165) is 6.54 Å². The topological polar surface area (TPSA) is 12.0 Å². The summed E-state index contributed by atoms with van der Waals surface area (Å²) in [6.45, 7) is 1.10. The van der Waals surface area contributed by atoms with Crippen molar-refractivity contribution in [3.63, 3.8) is 0 Å². The minimum Gasteiger partial charge on any atom is -0.310 e. The van der Waals surface area contributed by atoms with Gasteiger partial charge in [-0.05, 0) is 30.7 Å². The summed E-state index contributed by atoms with van der Waals surface area (Å²) in [6.07, 6.45) is 1.19. The Morgan fingerprint density at radius 3 is 2.50 bits per heavy atom. The lowest BCUT2D eigenvalue weighted by molar-refractivity contribution is 0.383. The molecule has 0 aromatic heterocycles. The Labute approximate surface area is 81.7 Å². The maximum absolute atomic E-state index is 5.88. The molecule has 0 saturated carbocycles. The zero-order valence-corrected chi connectivity index (χ0v) is 7.99. The van der Waals surface area contributed by atoms with Gasteiger partial charge in [0.05, 0.1) is 10.0 Å². The maximum atomic E-state index is 5.88. The Hall–Kier alpha value is -0.240. The fraction of sp³-hybridized carbons (Fsp3) is 0.333. The van der Waals surface area contributed by atoms with Crippen LogP contribution in [0.3, 0.4) is 0 Å². The second kappa shape index (κ2) is 3.25. The van der Waals surface area contributed by atoms with Crippen LogP contribution in [0.15, 0.2) is 18.2 Å². The molecule has 0 aliphatic carbocycles. The van der Waals surface area contributed by atoms with E-state index in [9.17, 15) is 0 Å². The van der Waals surface area contributed by atoms with Crippen molar-refractivity contribution in [2.75, 3.05) is 6.54 Å². The molecular weight excluding hydrogens is 193 g/mol. The minimum absolute atomic E-state index is 0.486. The fourth-order valence-electron chi connectivity index (χ4n) is 1.30.